The summed E-state index contributed by atoms with van der Waals surface area (Å²) in [4.78, 5) is 41.9. The molecule has 2 rings (SSSR count). The number of nitrogens with zero attached hydrogens (tertiary/aromatic N) is 3. The number of amides is 1. The van der Waals surface area contributed by atoms with E-state index in [1.54, 1.807) is 48.6 Å². The van der Waals surface area contributed by atoms with Gasteiger partial charge >= 0.3 is 18.0 Å². The number of carbonyl (C=O) groups excluding carboxylic acids is 3. The third-order valence-electron chi connectivity index (χ3n) is 4.39. The van der Waals surface area contributed by atoms with Gasteiger partial charge in [-0.15, -0.1) is 0 Å². The molecule has 1 unspecified atom stereocenters. The molecule has 0 bridgehead atoms. The molecule has 0 saturated heterocycles. The van der Waals surface area contributed by atoms with Crippen molar-refractivity contribution >= 4 is 23.7 Å². The van der Waals surface area contributed by atoms with Gasteiger partial charge in [-0.1, -0.05) is 31.5 Å². The molecule has 30 heavy (non-hydrogen) atoms. The van der Waals surface area contributed by atoms with Crippen LogP contribution in [0.4, 0.5) is 10.5 Å². The molecule has 9 nitrogen and oxygen atoms in total. The second-order valence-corrected chi connectivity index (χ2v) is 6.44. The Labute approximate surface area is 176 Å². The van der Waals surface area contributed by atoms with Crippen molar-refractivity contribution in [3.05, 3.63) is 54.5 Å². The number of hydrogen-bond acceptors (Lipinski definition) is 8. The fourth-order valence-electron chi connectivity index (χ4n) is 2.85. The van der Waals surface area contributed by atoms with Crippen LogP contribution in [0.1, 0.15) is 19.8 Å². The van der Waals surface area contributed by atoms with Crippen molar-refractivity contribution in [1.29, 1.82) is 0 Å². The average Bonchev–Trinajstić information content (AvgIpc) is 3.13. The number of para-hydroxylation sites is 1. The monoisotopic (exact) mass is 417 g/mol. The second-order valence-electron chi connectivity index (χ2n) is 6.44. The smallest absolute Gasteiger partial charge is 0.417 e. The van der Waals surface area contributed by atoms with Gasteiger partial charge in [0.15, 0.2) is 6.29 Å². The van der Waals surface area contributed by atoms with Crippen LogP contribution in [0.5, 0.6) is 0 Å². The third kappa shape index (κ3) is 5.31. The van der Waals surface area contributed by atoms with Gasteiger partial charge in [0.2, 0.25) is 0 Å². The van der Waals surface area contributed by atoms with E-state index in [2.05, 4.69) is 4.74 Å². The van der Waals surface area contributed by atoms with E-state index in [0.29, 0.717) is 5.69 Å². The third-order valence-corrected chi connectivity index (χ3v) is 4.39. The molecule has 162 valence electrons. The van der Waals surface area contributed by atoms with Gasteiger partial charge in [0, 0.05) is 19.4 Å². The lowest BCUT2D eigenvalue weighted by atomic mass is 10.3. The van der Waals surface area contributed by atoms with Gasteiger partial charge in [0.05, 0.1) is 32.6 Å². The van der Waals surface area contributed by atoms with Gasteiger partial charge in [-0.2, -0.15) is 0 Å². The number of esters is 2. The normalized spacial score (nSPS) is 15.7. The Morgan fingerprint density at radius 1 is 1.10 bits per heavy atom. The molecule has 1 aromatic carbocycles. The Kier molecular flexibility index (Phi) is 8.28. The van der Waals surface area contributed by atoms with Crippen molar-refractivity contribution < 1.29 is 28.6 Å². The standard InChI is InChI=1S/C21H27N3O6/c1-5-6-14-30-21(27)24(16-10-8-7-9-11-16)20-22(2)12-13-23(20)17(19(26)29-4)15-18(25)28-3/h7-13,15,20H,5-6,14H2,1-4H3/b17-15+. The number of rotatable bonds is 8. The van der Waals surface area contributed by atoms with Crippen LogP contribution in [-0.4, -0.2) is 62.0 Å². The molecule has 0 N–H and O–H groups in total. The van der Waals surface area contributed by atoms with Crippen LogP contribution in [0.2, 0.25) is 0 Å². The summed E-state index contributed by atoms with van der Waals surface area (Å²) in [5.41, 5.74) is 0.476. The van der Waals surface area contributed by atoms with Crippen LogP contribution in [-0.2, 0) is 23.8 Å². The molecule has 0 aromatic heterocycles. The SMILES string of the molecule is CCCCOC(=O)N(c1ccccc1)C1N(C)C=CN1/C(=C/C(=O)OC)C(=O)OC. The maximum absolute atomic E-state index is 13.0. The highest BCUT2D eigenvalue weighted by Crippen LogP contribution is 2.29. The predicted molar refractivity (Wildman–Crippen MR) is 110 cm³/mol. The molecule has 1 aliphatic rings. The zero-order chi connectivity index (χ0) is 22.1. The maximum Gasteiger partial charge on any atom is 0.417 e. The van der Waals surface area contributed by atoms with Crippen molar-refractivity contribution in [2.75, 3.05) is 32.8 Å². The van der Waals surface area contributed by atoms with Crippen molar-refractivity contribution in [2.45, 2.75) is 26.1 Å². The van der Waals surface area contributed by atoms with E-state index >= 15 is 0 Å². The number of unbranched alkanes of at least 4 members (excludes halogenated alkanes) is 1. The topological polar surface area (TPSA) is 88.6 Å². The van der Waals surface area contributed by atoms with Crippen molar-refractivity contribution in [3.8, 4) is 0 Å². The summed E-state index contributed by atoms with van der Waals surface area (Å²) in [7, 11) is 4.15. The molecule has 1 amide bonds. The zero-order valence-electron chi connectivity index (χ0n) is 17.6. The van der Waals surface area contributed by atoms with E-state index in [0.717, 1.165) is 18.9 Å². The van der Waals surface area contributed by atoms with Crippen LogP contribution < -0.4 is 4.90 Å². The number of hydrogen-bond donors (Lipinski definition) is 0. The van der Waals surface area contributed by atoms with E-state index in [-0.39, 0.29) is 12.3 Å². The van der Waals surface area contributed by atoms with Gasteiger partial charge in [-0.05, 0) is 18.6 Å². The van der Waals surface area contributed by atoms with Gasteiger partial charge in [-0.25, -0.2) is 19.3 Å². The molecule has 0 aliphatic carbocycles. The summed E-state index contributed by atoms with van der Waals surface area (Å²) in [5.74, 6) is -1.48. The molecular formula is C21H27N3O6. The van der Waals surface area contributed by atoms with Gasteiger partial charge in [-0.3, -0.25) is 0 Å². The summed E-state index contributed by atoms with van der Waals surface area (Å²) in [6, 6.07) is 8.93. The number of anilines is 1. The first-order valence-electron chi connectivity index (χ1n) is 9.52. The van der Waals surface area contributed by atoms with Crippen molar-refractivity contribution in [2.24, 2.45) is 0 Å². The van der Waals surface area contributed by atoms with E-state index < -0.39 is 24.3 Å². The van der Waals surface area contributed by atoms with Crippen LogP contribution in [0.25, 0.3) is 0 Å². The molecule has 0 fully saturated rings. The summed E-state index contributed by atoms with van der Waals surface area (Å²) in [6.45, 7) is 2.27. The zero-order valence-corrected chi connectivity index (χ0v) is 17.6. The number of carbonyl (C=O) groups is 3. The largest absolute Gasteiger partial charge is 0.466 e. The molecule has 1 aliphatic heterocycles. The predicted octanol–water partition coefficient (Wildman–Crippen LogP) is 2.66. The minimum absolute atomic E-state index is 0.0859. The highest BCUT2D eigenvalue weighted by atomic mass is 16.6. The Bertz CT molecular complexity index is 808. The van der Waals surface area contributed by atoms with Crippen LogP contribution in [0.15, 0.2) is 54.5 Å². The van der Waals surface area contributed by atoms with Gasteiger partial charge in [0.1, 0.15) is 5.70 Å². The molecular weight excluding hydrogens is 390 g/mol. The Morgan fingerprint density at radius 3 is 2.40 bits per heavy atom. The van der Waals surface area contributed by atoms with E-state index in [1.807, 2.05) is 13.0 Å². The lowest BCUT2D eigenvalue weighted by Gasteiger charge is -2.38. The first-order chi connectivity index (χ1) is 14.4. The fraction of sp³-hybridized carbons (Fsp3) is 0.381. The highest BCUT2D eigenvalue weighted by Gasteiger charge is 2.39. The molecule has 0 spiro atoms. The minimum Gasteiger partial charge on any atom is -0.466 e. The lowest BCUT2D eigenvalue weighted by Crippen LogP contribution is -2.54. The molecule has 1 atom stereocenters. The van der Waals surface area contributed by atoms with Gasteiger partial charge in [0.25, 0.3) is 0 Å². The molecule has 0 saturated carbocycles. The van der Waals surface area contributed by atoms with Crippen LogP contribution >= 0.6 is 0 Å². The minimum atomic E-state index is -0.809. The fourth-order valence-corrected chi connectivity index (χ4v) is 2.85. The lowest BCUT2D eigenvalue weighted by molar-refractivity contribution is -0.140. The average molecular weight is 417 g/mol. The summed E-state index contributed by atoms with van der Waals surface area (Å²) in [5, 5.41) is 0. The molecule has 0 radical (unpaired) electrons. The van der Waals surface area contributed by atoms with E-state index in [1.165, 1.54) is 24.0 Å². The van der Waals surface area contributed by atoms with Crippen molar-refractivity contribution in [1.82, 2.24) is 9.80 Å². The van der Waals surface area contributed by atoms with E-state index in [9.17, 15) is 14.4 Å². The Morgan fingerprint density at radius 2 is 1.80 bits per heavy atom. The number of ether oxygens (including phenoxy) is 3. The first kappa shape index (κ1) is 22.8. The summed E-state index contributed by atoms with van der Waals surface area (Å²) in [6.07, 6.45) is 4.49. The summed E-state index contributed by atoms with van der Waals surface area (Å²) >= 11 is 0. The van der Waals surface area contributed by atoms with Crippen LogP contribution in [0, 0.1) is 0 Å². The number of benzene rings is 1. The van der Waals surface area contributed by atoms with E-state index in [4.69, 9.17) is 9.47 Å². The van der Waals surface area contributed by atoms with Crippen molar-refractivity contribution in [3.63, 3.8) is 0 Å². The van der Waals surface area contributed by atoms with Gasteiger partial charge < -0.3 is 24.0 Å². The Balaban J connectivity index is 2.48. The first-order valence-corrected chi connectivity index (χ1v) is 9.52. The highest BCUT2D eigenvalue weighted by molar-refractivity contribution is 5.96. The molecule has 1 heterocycles. The molecule has 1 aromatic rings. The Hall–Kier alpha value is -3.49. The quantitative estimate of drug-likeness (QED) is 0.276. The van der Waals surface area contributed by atoms with Crippen LogP contribution in [0.3, 0.4) is 0 Å². The molecule has 9 heteroatoms. The summed E-state index contributed by atoms with van der Waals surface area (Å²) < 4.78 is 15.0. The second kappa shape index (κ2) is 10.9. The maximum atomic E-state index is 13.0. The number of methoxy groups -OCH3 is 2.